The number of rotatable bonds is 2. The van der Waals surface area contributed by atoms with E-state index in [4.69, 9.17) is 0 Å². The minimum atomic E-state index is -0.469. The summed E-state index contributed by atoms with van der Waals surface area (Å²) in [7, 11) is 1.98. The third kappa shape index (κ3) is 3.09. The molecule has 2 aliphatic heterocycles. The largest absolute Gasteiger partial charge is 0.391 e. The van der Waals surface area contributed by atoms with E-state index in [1.807, 2.05) is 36.7 Å². The molecular weight excluding hydrogens is 304 g/mol. The lowest BCUT2D eigenvalue weighted by molar-refractivity contribution is -0.157. The fraction of sp³-hybridized carbons (Fsp3) is 0.778. The van der Waals surface area contributed by atoms with Crippen LogP contribution in [0.25, 0.3) is 0 Å². The van der Waals surface area contributed by atoms with Crippen LogP contribution < -0.4 is 0 Å². The molecule has 6 heteroatoms. The summed E-state index contributed by atoms with van der Waals surface area (Å²) in [6.07, 6.45) is 4.23. The standard InChI is InChI=1S/C18H30N4O2/c1-14(23)22-13-18(11-16(24)17(22,2)3)6-9-21(10-7-18)12-15-5-8-19-20(15)4/h5,8,16,24H,6-7,9-13H2,1-4H3. The Balaban J connectivity index is 1.66. The summed E-state index contributed by atoms with van der Waals surface area (Å²) < 4.78 is 1.93. The Kier molecular flexibility index (Phi) is 4.47. The van der Waals surface area contributed by atoms with Gasteiger partial charge in [-0.15, -0.1) is 0 Å². The van der Waals surface area contributed by atoms with Crippen LogP contribution in [0.5, 0.6) is 0 Å². The Morgan fingerprint density at radius 3 is 2.58 bits per heavy atom. The van der Waals surface area contributed by atoms with Gasteiger partial charge in [-0.3, -0.25) is 14.4 Å². The molecule has 134 valence electrons. The van der Waals surface area contributed by atoms with Crippen molar-refractivity contribution in [3.05, 3.63) is 18.0 Å². The highest BCUT2D eigenvalue weighted by atomic mass is 16.3. The van der Waals surface area contributed by atoms with Crippen LogP contribution in [0.2, 0.25) is 0 Å². The van der Waals surface area contributed by atoms with Crippen LogP contribution in [0.3, 0.4) is 0 Å². The first-order chi connectivity index (χ1) is 11.2. The van der Waals surface area contributed by atoms with Crippen molar-refractivity contribution in [1.29, 1.82) is 0 Å². The number of nitrogens with zero attached hydrogens (tertiary/aromatic N) is 4. The predicted octanol–water partition coefficient (Wildman–Crippen LogP) is 1.39. The van der Waals surface area contributed by atoms with Gasteiger partial charge in [-0.1, -0.05) is 0 Å². The lowest BCUT2D eigenvalue weighted by Crippen LogP contribution is -2.64. The summed E-state index contributed by atoms with van der Waals surface area (Å²) >= 11 is 0. The monoisotopic (exact) mass is 334 g/mol. The summed E-state index contributed by atoms with van der Waals surface area (Å²) in [5.41, 5.74) is 0.813. The maximum atomic E-state index is 12.1. The van der Waals surface area contributed by atoms with Crippen molar-refractivity contribution in [2.45, 2.75) is 58.2 Å². The van der Waals surface area contributed by atoms with Gasteiger partial charge in [0.05, 0.1) is 17.3 Å². The molecule has 0 aliphatic carbocycles. The minimum Gasteiger partial charge on any atom is -0.391 e. The molecule has 1 N–H and O–H groups in total. The number of carbonyl (C=O) groups is 1. The van der Waals surface area contributed by atoms with Crippen molar-refractivity contribution in [3.8, 4) is 0 Å². The zero-order valence-corrected chi connectivity index (χ0v) is 15.3. The highest BCUT2D eigenvalue weighted by Crippen LogP contribution is 2.45. The zero-order chi connectivity index (χ0) is 17.5. The Bertz CT molecular complexity index is 602. The predicted molar refractivity (Wildman–Crippen MR) is 92.2 cm³/mol. The van der Waals surface area contributed by atoms with E-state index in [-0.39, 0.29) is 11.3 Å². The van der Waals surface area contributed by atoms with Crippen molar-refractivity contribution >= 4 is 5.91 Å². The number of hydrogen-bond acceptors (Lipinski definition) is 4. The van der Waals surface area contributed by atoms with E-state index in [2.05, 4.69) is 16.1 Å². The third-order valence-electron chi connectivity index (χ3n) is 6.24. The van der Waals surface area contributed by atoms with Gasteiger partial charge in [0.2, 0.25) is 5.91 Å². The van der Waals surface area contributed by atoms with Crippen LogP contribution in [0.1, 0.15) is 45.7 Å². The van der Waals surface area contributed by atoms with Crippen LogP contribution in [0.15, 0.2) is 12.3 Å². The SMILES string of the molecule is CC(=O)N1CC2(CCN(Cc3ccnn3C)CC2)CC(O)C1(C)C. The highest BCUT2D eigenvalue weighted by molar-refractivity contribution is 5.74. The number of hydrogen-bond donors (Lipinski definition) is 1. The molecule has 2 saturated heterocycles. The lowest BCUT2D eigenvalue weighted by atomic mass is 9.67. The molecule has 3 rings (SSSR count). The third-order valence-corrected chi connectivity index (χ3v) is 6.24. The molecule has 24 heavy (non-hydrogen) atoms. The molecule has 0 radical (unpaired) electrons. The van der Waals surface area contributed by atoms with Gasteiger partial charge in [-0.05, 0) is 57.7 Å². The van der Waals surface area contributed by atoms with Crippen LogP contribution in [0, 0.1) is 5.41 Å². The topological polar surface area (TPSA) is 61.6 Å². The van der Waals surface area contributed by atoms with E-state index < -0.39 is 11.6 Å². The number of aliphatic hydroxyl groups is 1. The summed E-state index contributed by atoms with van der Waals surface area (Å²) in [6, 6.07) is 2.06. The first-order valence-corrected chi connectivity index (χ1v) is 8.89. The van der Waals surface area contributed by atoms with E-state index in [1.165, 1.54) is 5.69 Å². The maximum absolute atomic E-state index is 12.1. The fourth-order valence-corrected chi connectivity index (χ4v) is 4.29. The number of likely N-dealkylation sites (tertiary alicyclic amines) is 2. The second kappa shape index (κ2) is 6.15. The van der Waals surface area contributed by atoms with Crippen molar-refractivity contribution in [2.24, 2.45) is 12.5 Å². The molecule has 1 aromatic rings. The second-order valence-electron chi connectivity index (χ2n) is 8.20. The molecule has 2 aliphatic rings. The molecule has 6 nitrogen and oxygen atoms in total. The fourth-order valence-electron chi connectivity index (χ4n) is 4.29. The van der Waals surface area contributed by atoms with Gasteiger partial charge in [0.25, 0.3) is 0 Å². The molecule has 2 fully saturated rings. The van der Waals surface area contributed by atoms with Gasteiger partial charge in [0.1, 0.15) is 0 Å². The number of amides is 1. The molecule has 1 spiro atoms. The van der Waals surface area contributed by atoms with E-state index in [0.717, 1.165) is 45.4 Å². The van der Waals surface area contributed by atoms with E-state index in [0.29, 0.717) is 0 Å². The van der Waals surface area contributed by atoms with Gasteiger partial charge in [0, 0.05) is 33.3 Å². The number of aryl methyl sites for hydroxylation is 1. The molecule has 1 amide bonds. The van der Waals surface area contributed by atoms with Crippen LogP contribution >= 0.6 is 0 Å². The Morgan fingerprint density at radius 1 is 1.38 bits per heavy atom. The van der Waals surface area contributed by atoms with Crippen LogP contribution in [0.4, 0.5) is 0 Å². The summed E-state index contributed by atoms with van der Waals surface area (Å²) in [4.78, 5) is 16.4. The first kappa shape index (κ1) is 17.4. The number of aromatic nitrogens is 2. The summed E-state index contributed by atoms with van der Waals surface area (Å²) in [6.45, 7) is 9.26. The maximum Gasteiger partial charge on any atom is 0.219 e. The first-order valence-electron chi connectivity index (χ1n) is 8.89. The van der Waals surface area contributed by atoms with Crippen LogP contribution in [-0.4, -0.2) is 61.9 Å². The number of piperidine rings is 2. The Labute approximate surface area is 144 Å². The highest BCUT2D eigenvalue weighted by Gasteiger charge is 2.50. The molecule has 0 bridgehead atoms. The van der Waals surface area contributed by atoms with E-state index in [1.54, 1.807) is 6.92 Å². The van der Waals surface area contributed by atoms with Gasteiger partial charge >= 0.3 is 0 Å². The van der Waals surface area contributed by atoms with E-state index >= 15 is 0 Å². The summed E-state index contributed by atoms with van der Waals surface area (Å²) in [5.74, 6) is 0.0652. The van der Waals surface area contributed by atoms with Crippen molar-refractivity contribution < 1.29 is 9.90 Å². The molecular formula is C18H30N4O2. The van der Waals surface area contributed by atoms with Gasteiger partial charge in [-0.2, -0.15) is 5.10 Å². The lowest BCUT2D eigenvalue weighted by Gasteiger charge is -2.55. The summed E-state index contributed by atoms with van der Waals surface area (Å²) in [5, 5.41) is 14.9. The quantitative estimate of drug-likeness (QED) is 0.888. The molecule has 3 heterocycles. The second-order valence-corrected chi connectivity index (χ2v) is 8.20. The average molecular weight is 334 g/mol. The normalized spacial score (nSPS) is 26.7. The van der Waals surface area contributed by atoms with Crippen LogP contribution in [-0.2, 0) is 18.4 Å². The zero-order valence-electron chi connectivity index (χ0n) is 15.3. The molecule has 0 aromatic carbocycles. The smallest absolute Gasteiger partial charge is 0.219 e. The number of carbonyl (C=O) groups excluding carboxylic acids is 1. The van der Waals surface area contributed by atoms with Gasteiger partial charge in [0.15, 0.2) is 0 Å². The van der Waals surface area contributed by atoms with E-state index in [9.17, 15) is 9.90 Å². The Morgan fingerprint density at radius 2 is 2.04 bits per heavy atom. The van der Waals surface area contributed by atoms with Crippen molar-refractivity contribution in [3.63, 3.8) is 0 Å². The van der Waals surface area contributed by atoms with Gasteiger partial charge in [-0.25, -0.2) is 0 Å². The van der Waals surface area contributed by atoms with Crippen molar-refractivity contribution in [2.75, 3.05) is 19.6 Å². The average Bonchev–Trinajstić information content (AvgIpc) is 2.91. The molecule has 1 atom stereocenters. The molecule has 1 aromatic heterocycles. The number of aliphatic hydroxyl groups excluding tert-OH is 1. The minimum absolute atomic E-state index is 0.0591. The van der Waals surface area contributed by atoms with Gasteiger partial charge < -0.3 is 10.0 Å². The Hall–Kier alpha value is -1.40. The molecule has 0 saturated carbocycles. The molecule has 1 unspecified atom stereocenters. The van der Waals surface area contributed by atoms with Crippen molar-refractivity contribution in [1.82, 2.24) is 19.6 Å².